The van der Waals surface area contributed by atoms with E-state index in [9.17, 15) is 9.18 Å². The molecular weight excluding hydrogens is 317 g/mol. The first kappa shape index (κ1) is 17.4. The van der Waals surface area contributed by atoms with E-state index >= 15 is 0 Å². The normalized spacial score (nSPS) is 14.6. The minimum atomic E-state index is -0.228. The van der Waals surface area contributed by atoms with Gasteiger partial charge in [0.05, 0.1) is 0 Å². The predicted octanol–water partition coefficient (Wildman–Crippen LogP) is 2.65. The lowest BCUT2D eigenvalue weighted by Crippen LogP contribution is -2.49. The molecule has 0 radical (unpaired) electrons. The van der Waals surface area contributed by atoms with Crippen LogP contribution in [0.3, 0.4) is 0 Å². The van der Waals surface area contributed by atoms with Crippen LogP contribution in [-0.4, -0.2) is 43.5 Å². The van der Waals surface area contributed by atoms with Crippen molar-refractivity contribution in [2.75, 3.05) is 37.6 Å². The molecule has 1 aliphatic rings. The maximum atomic E-state index is 12.8. The van der Waals surface area contributed by atoms with E-state index in [-0.39, 0.29) is 11.7 Å². The number of para-hydroxylation sites is 1. The molecule has 1 amide bonds. The standard InChI is InChI=1S/C20H24FN3O/c21-18-8-6-17(7-9-18)16-22-11-10-20(25)24-14-12-23(13-15-24)19-4-2-1-3-5-19/h1-9,22H,10-16H2. The Bertz CT molecular complexity index is 667. The molecular formula is C20H24FN3O. The van der Waals surface area contributed by atoms with Crippen LogP contribution < -0.4 is 10.2 Å². The molecule has 132 valence electrons. The number of carbonyl (C=O) groups excluding carboxylic acids is 1. The van der Waals surface area contributed by atoms with Crippen molar-refractivity contribution in [3.05, 3.63) is 66.0 Å². The maximum Gasteiger partial charge on any atom is 0.223 e. The van der Waals surface area contributed by atoms with Crippen LogP contribution in [0.25, 0.3) is 0 Å². The smallest absolute Gasteiger partial charge is 0.223 e. The molecule has 1 aliphatic heterocycles. The zero-order valence-corrected chi connectivity index (χ0v) is 14.3. The van der Waals surface area contributed by atoms with Crippen LogP contribution in [0.2, 0.25) is 0 Å². The quantitative estimate of drug-likeness (QED) is 0.821. The van der Waals surface area contributed by atoms with Gasteiger partial charge in [-0.15, -0.1) is 0 Å². The topological polar surface area (TPSA) is 35.6 Å². The molecule has 1 saturated heterocycles. The Balaban J connectivity index is 1.36. The van der Waals surface area contributed by atoms with Gasteiger partial charge in [-0.3, -0.25) is 4.79 Å². The molecule has 3 rings (SSSR count). The van der Waals surface area contributed by atoms with Crippen LogP contribution in [0.1, 0.15) is 12.0 Å². The average Bonchev–Trinajstić information content (AvgIpc) is 2.67. The number of carbonyl (C=O) groups is 1. The maximum absolute atomic E-state index is 12.8. The van der Waals surface area contributed by atoms with Crippen LogP contribution in [-0.2, 0) is 11.3 Å². The zero-order chi connectivity index (χ0) is 17.5. The fourth-order valence-corrected chi connectivity index (χ4v) is 3.04. The summed E-state index contributed by atoms with van der Waals surface area (Å²) >= 11 is 0. The van der Waals surface area contributed by atoms with Crippen molar-refractivity contribution in [3.63, 3.8) is 0 Å². The van der Waals surface area contributed by atoms with Gasteiger partial charge >= 0.3 is 0 Å². The molecule has 5 heteroatoms. The molecule has 0 bridgehead atoms. The summed E-state index contributed by atoms with van der Waals surface area (Å²) < 4.78 is 12.8. The summed E-state index contributed by atoms with van der Waals surface area (Å²) in [5, 5.41) is 3.25. The van der Waals surface area contributed by atoms with Crippen molar-refractivity contribution in [2.24, 2.45) is 0 Å². The Kier molecular flexibility index (Phi) is 6.01. The molecule has 1 N–H and O–H groups in total. The Morgan fingerprint density at radius 3 is 2.32 bits per heavy atom. The number of piperazine rings is 1. The fourth-order valence-electron chi connectivity index (χ4n) is 3.04. The summed E-state index contributed by atoms with van der Waals surface area (Å²) in [5.74, 6) is -0.0344. The highest BCUT2D eigenvalue weighted by molar-refractivity contribution is 5.76. The molecule has 0 spiro atoms. The van der Waals surface area contributed by atoms with Gasteiger partial charge in [0.15, 0.2) is 0 Å². The summed E-state index contributed by atoms with van der Waals surface area (Å²) in [6.07, 6.45) is 0.493. The van der Waals surface area contributed by atoms with Crippen molar-refractivity contribution in [2.45, 2.75) is 13.0 Å². The van der Waals surface area contributed by atoms with Crippen molar-refractivity contribution in [1.82, 2.24) is 10.2 Å². The van der Waals surface area contributed by atoms with E-state index in [0.29, 0.717) is 19.5 Å². The highest BCUT2D eigenvalue weighted by atomic mass is 19.1. The average molecular weight is 341 g/mol. The van der Waals surface area contributed by atoms with Gasteiger partial charge in [0.25, 0.3) is 0 Å². The van der Waals surface area contributed by atoms with Crippen LogP contribution in [0.4, 0.5) is 10.1 Å². The number of anilines is 1. The van der Waals surface area contributed by atoms with Crippen LogP contribution in [0, 0.1) is 5.82 Å². The van der Waals surface area contributed by atoms with Crippen molar-refractivity contribution < 1.29 is 9.18 Å². The molecule has 4 nitrogen and oxygen atoms in total. The first-order valence-corrected chi connectivity index (χ1v) is 8.75. The highest BCUT2D eigenvalue weighted by Gasteiger charge is 2.20. The first-order valence-electron chi connectivity index (χ1n) is 8.75. The molecule has 2 aromatic carbocycles. The number of hydrogen-bond acceptors (Lipinski definition) is 3. The Hall–Kier alpha value is -2.40. The second-order valence-electron chi connectivity index (χ2n) is 6.26. The first-order chi connectivity index (χ1) is 12.2. The Labute approximate surface area is 148 Å². The predicted molar refractivity (Wildman–Crippen MR) is 98.0 cm³/mol. The van der Waals surface area contributed by atoms with Crippen LogP contribution in [0.5, 0.6) is 0 Å². The van der Waals surface area contributed by atoms with Crippen LogP contribution >= 0.6 is 0 Å². The lowest BCUT2D eigenvalue weighted by Gasteiger charge is -2.36. The summed E-state index contributed by atoms with van der Waals surface area (Å²) in [6.45, 7) is 4.57. The number of benzene rings is 2. The third-order valence-electron chi connectivity index (χ3n) is 4.51. The van der Waals surface area contributed by atoms with Crippen molar-refractivity contribution >= 4 is 11.6 Å². The van der Waals surface area contributed by atoms with E-state index in [4.69, 9.17) is 0 Å². The summed E-state index contributed by atoms with van der Waals surface area (Å²) in [5.41, 5.74) is 2.24. The summed E-state index contributed by atoms with van der Waals surface area (Å²) in [6, 6.07) is 16.7. The number of nitrogens with zero attached hydrogens (tertiary/aromatic N) is 2. The van der Waals surface area contributed by atoms with Gasteiger partial charge < -0.3 is 15.1 Å². The Morgan fingerprint density at radius 2 is 1.64 bits per heavy atom. The third kappa shape index (κ3) is 5.03. The molecule has 25 heavy (non-hydrogen) atoms. The molecule has 0 aliphatic carbocycles. The zero-order valence-electron chi connectivity index (χ0n) is 14.3. The number of rotatable bonds is 6. The van der Waals surface area contributed by atoms with E-state index in [1.807, 2.05) is 23.1 Å². The minimum absolute atomic E-state index is 0.194. The van der Waals surface area contributed by atoms with E-state index in [2.05, 4.69) is 22.3 Å². The minimum Gasteiger partial charge on any atom is -0.368 e. The van der Waals surface area contributed by atoms with Gasteiger partial charge in [0, 0.05) is 51.4 Å². The molecule has 0 saturated carbocycles. The second kappa shape index (κ2) is 8.62. The largest absolute Gasteiger partial charge is 0.368 e. The van der Waals surface area contributed by atoms with Crippen LogP contribution in [0.15, 0.2) is 54.6 Å². The van der Waals surface area contributed by atoms with Crippen molar-refractivity contribution in [1.29, 1.82) is 0 Å². The van der Waals surface area contributed by atoms with Gasteiger partial charge in [-0.2, -0.15) is 0 Å². The van der Waals surface area contributed by atoms with Gasteiger partial charge in [-0.1, -0.05) is 30.3 Å². The van der Waals surface area contributed by atoms with Gasteiger partial charge in [-0.05, 0) is 29.8 Å². The lowest BCUT2D eigenvalue weighted by molar-refractivity contribution is -0.131. The molecule has 0 unspecified atom stereocenters. The molecule has 2 aromatic rings. The Morgan fingerprint density at radius 1 is 0.960 bits per heavy atom. The molecule has 1 heterocycles. The SMILES string of the molecule is O=C(CCNCc1ccc(F)cc1)N1CCN(c2ccccc2)CC1. The van der Waals surface area contributed by atoms with Gasteiger partial charge in [0.1, 0.15) is 5.82 Å². The van der Waals surface area contributed by atoms with Crippen molar-refractivity contribution in [3.8, 4) is 0 Å². The van der Waals surface area contributed by atoms with E-state index in [1.54, 1.807) is 12.1 Å². The molecule has 0 atom stereocenters. The summed E-state index contributed by atoms with van der Waals surface area (Å²) in [7, 11) is 0. The molecule has 0 aromatic heterocycles. The van der Waals surface area contributed by atoms with E-state index in [1.165, 1.54) is 17.8 Å². The lowest BCUT2D eigenvalue weighted by atomic mass is 10.2. The fraction of sp³-hybridized carbons (Fsp3) is 0.350. The number of hydrogen-bond donors (Lipinski definition) is 1. The molecule has 1 fully saturated rings. The number of amides is 1. The highest BCUT2D eigenvalue weighted by Crippen LogP contribution is 2.15. The number of halogens is 1. The monoisotopic (exact) mass is 341 g/mol. The number of nitrogens with one attached hydrogen (secondary N) is 1. The van der Waals surface area contributed by atoms with Gasteiger partial charge in [-0.25, -0.2) is 4.39 Å². The van der Waals surface area contributed by atoms with E-state index < -0.39 is 0 Å². The second-order valence-corrected chi connectivity index (χ2v) is 6.26. The van der Waals surface area contributed by atoms with Gasteiger partial charge in [0.2, 0.25) is 5.91 Å². The third-order valence-corrected chi connectivity index (χ3v) is 4.51. The van der Waals surface area contributed by atoms with E-state index in [0.717, 1.165) is 31.7 Å². The summed E-state index contributed by atoms with van der Waals surface area (Å²) in [4.78, 5) is 16.6.